The van der Waals surface area contributed by atoms with E-state index in [1.165, 1.54) is 26.8 Å². The molecule has 4 aromatic carbocycles. The van der Waals surface area contributed by atoms with Crippen molar-refractivity contribution in [3.8, 4) is 32.3 Å². The van der Waals surface area contributed by atoms with Gasteiger partial charge in [-0.25, -0.2) is 4.98 Å². The van der Waals surface area contributed by atoms with Crippen molar-refractivity contribution in [1.82, 2.24) is 4.98 Å². The maximum Gasteiger partial charge on any atom is 0.125 e. The Kier molecular flexibility index (Phi) is 4.04. The molecule has 0 spiro atoms. The van der Waals surface area contributed by atoms with Crippen LogP contribution in [0.25, 0.3) is 43.0 Å². The van der Waals surface area contributed by atoms with E-state index in [0.29, 0.717) is 0 Å². The number of fused-ring (bicyclic) bond motifs is 1. The molecular formula is C25H17NS. The van der Waals surface area contributed by atoms with Gasteiger partial charge < -0.3 is 0 Å². The second-order valence-electron chi connectivity index (χ2n) is 6.46. The summed E-state index contributed by atoms with van der Waals surface area (Å²) in [6.45, 7) is 0. The molecule has 0 saturated heterocycles. The Hall–Kier alpha value is -3.23. The Morgan fingerprint density at radius 3 is 1.96 bits per heavy atom. The Bertz CT molecular complexity index is 1140. The van der Waals surface area contributed by atoms with Crippen molar-refractivity contribution in [2.75, 3.05) is 0 Å². The molecule has 0 amide bonds. The van der Waals surface area contributed by atoms with Gasteiger partial charge in [0.2, 0.25) is 0 Å². The molecular weight excluding hydrogens is 346 g/mol. The molecule has 1 heterocycles. The highest BCUT2D eigenvalue weighted by Gasteiger charge is 2.17. The van der Waals surface area contributed by atoms with Gasteiger partial charge in [-0.1, -0.05) is 103 Å². The summed E-state index contributed by atoms with van der Waals surface area (Å²) in [5, 5.41) is 3.55. The lowest BCUT2D eigenvalue weighted by Gasteiger charge is -2.03. The number of hydrogen-bond donors (Lipinski definition) is 0. The lowest BCUT2D eigenvalue weighted by Crippen LogP contribution is -1.83. The molecule has 0 atom stereocenters. The highest BCUT2D eigenvalue weighted by atomic mass is 32.1. The summed E-state index contributed by atoms with van der Waals surface area (Å²) < 4.78 is 0. The van der Waals surface area contributed by atoms with Gasteiger partial charge in [-0.15, -0.1) is 11.3 Å². The lowest BCUT2D eigenvalue weighted by molar-refractivity contribution is 1.41. The van der Waals surface area contributed by atoms with Gasteiger partial charge in [0.15, 0.2) is 0 Å². The molecule has 1 nitrogen and oxygen atoms in total. The van der Waals surface area contributed by atoms with Crippen molar-refractivity contribution in [1.29, 1.82) is 0 Å². The van der Waals surface area contributed by atoms with Gasteiger partial charge in [0.25, 0.3) is 0 Å². The first-order valence-electron chi connectivity index (χ1n) is 9.00. The molecule has 27 heavy (non-hydrogen) atoms. The Morgan fingerprint density at radius 1 is 0.556 bits per heavy atom. The first-order valence-corrected chi connectivity index (χ1v) is 9.81. The largest absolute Gasteiger partial charge is 0.235 e. The average Bonchev–Trinajstić information content (AvgIpc) is 3.20. The van der Waals surface area contributed by atoms with Crippen molar-refractivity contribution in [3.05, 3.63) is 103 Å². The van der Waals surface area contributed by atoms with E-state index in [1.54, 1.807) is 11.3 Å². The third-order valence-electron chi connectivity index (χ3n) is 4.73. The number of benzene rings is 4. The summed E-state index contributed by atoms with van der Waals surface area (Å²) in [6.07, 6.45) is 0. The number of hydrogen-bond acceptors (Lipinski definition) is 2. The third-order valence-corrected chi connectivity index (χ3v) is 5.87. The number of nitrogens with zero attached hydrogens (tertiary/aromatic N) is 1. The zero-order valence-corrected chi connectivity index (χ0v) is 15.5. The van der Waals surface area contributed by atoms with Gasteiger partial charge >= 0.3 is 0 Å². The molecule has 0 fully saturated rings. The minimum atomic E-state index is 1.05. The second-order valence-corrected chi connectivity index (χ2v) is 7.45. The topological polar surface area (TPSA) is 12.9 Å². The Morgan fingerprint density at radius 2 is 1.19 bits per heavy atom. The van der Waals surface area contributed by atoms with Crippen LogP contribution in [0.1, 0.15) is 0 Å². The average molecular weight is 363 g/mol. The summed E-state index contributed by atoms with van der Waals surface area (Å²) in [5.41, 5.74) is 4.60. The summed E-state index contributed by atoms with van der Waals surface area (Å²) in [5.74, 6) is 0. The molecule has 0 aliphatic carbocycles. The van der Waals surface area contributed by atoms with Crippen LogP contribution in [-0.2, 0) is 0 Å². The van der Waals surface area contributed by atoms with Crippen molar-refractivity contribution >= 4 is 22.1 Å². The van der Waals surface area contributed by atoms with Crippen molar-refractivity contribution in [2.24, 2.45) is 0 Å². The predicted octanol–water partition coefficient (Wildman–Crippen LogP) is 7.30. The fourth-order valence-electron chi connectivity index (χ4n) is 3.42. The van der Waals surface area contributed by atoms with E-state index in [1.807, 2.05) is 6.07 Å². The number of aromatic nitrogens is 1. The van der Waals surface area contributed by atoms with E-state index >= 15 is 0 Å². The zero-order valence-electron chi connectivity index (χ0n) is 14.7. The van der Waals surface area contributed by atoms with Crippen LogP contribution in [0.4, 0.5) is 0 Å². The van der Waals surface area contributed by atoms with Crippen molar-refractivity contribution in [3.63, 3.8) is 0 Å². The molecule has 2 heteroatoms. The van der Waals surface area contributed by atoms with Crippen LogP contribution in [0.3, 0.4) is 0 Å². The van der Waals surface area contributed by atoms with Crippen LogP contribution in [-0.4, -0.2) is 4.98 Å². The van der Waals surface area contributed by atoms with E-state index < -0.39 is 0 Å². The molecule has 0 unspecified atom stereocenters. The smallest absolute Gasteiger partial charge is 0.125 e. The summed E-state index contributed by atoms with van der Waals surface area (Å²) in [6, 6.07) is 35.9. The Labute approximate surface area is 162 Å². The van der Waals surface area contributed by atoms with Gasteiger partial charge in [0.1, 0.15) is 5.01 Å². The molecule has 0 radical (unpaired) electrons. The molecule has 0 N–H and O–H groups in total. The third kappa shape index (κ3) is 2.94. The van der Waals surface area contributed by atoms with Crippen molar-refractivity contribution in [2.45, 2.75) is 0 Å². The molecule has 5 rings (SSSR count). The maximum absolute atomic E-state index is 5.10. The first kappa shape index (κ1) is 16.0. The van der Waals surface area contributed by atoms with E-state index in [0.717, 1.165) is 16.3 Å². The molecule has 0 saturated carbocycles. The van der Waals surface area contributed by atoms with Crippen LogP contribution in [0.5, 0.6) is 0 Å². The van der Waals surface area contributed by atoms with Crippen LogP contribution in [0.15, 0.2) is 103 Å². The number of thiazole rings is 1. The van der Waals surface area contributed by atoms with Gasteiger partial charge in [-0.05, 0) is 16.3 Å². The van der Waals surface area contributed by atoms with Gasteiger partial charge in [0, 0.05) is 11.1 Å². The van der Waals surface area contributed by atoms with Gasteiger partial charge in [0.05, 0.1) is 10.6 Å². The van der Waals surface area contributed by atoms with Crippen molar-refractivity contribution < 1.29 is 0 Å². The van der Waals surface area contributed by atoms with Gasteiger partial charge in [-0.3, -0.25) is 0 Å². The molecule has 128 valence electrons. The Balaban J connectivity index is 1.76. The minimum absolute atomic E-state index is 1.05. The molecule has 0 bridgehead atoms. The molecule has 0 aliphatic heterocycles. The SMILES string of the molecule is c1ccc(-c2nc(-c3cccc4ccccc34)sc2-c2ccccc2)cc1. The minimum Gasteiger partial charge on any atom is -0.235 e. The predicted molar refractivity (Wildman–Crippen MR) is 116 cm³/mol. The molecule has 0 aliphatic rings. The highest BCUT2D eigenvalue weighted by molar-refractivity contribution is 7.19. The standard InChI is InChI=1S/C25H17NS/c1-3-11-19(12-4-1)23-24(20-13-5-2-6-14-20)27-25(26-23)22-17-9-15-18-10-7-8-16-21(18)22/h1-17H. The highest BCUT2D eigenvalue weighted by Crippen LogP contribution is 2.42. The second kappa shape index (κ2) is 6.82. The lowest BCUT2D eigenvalue weighted by atomic mass is 10.0. The van der Waals surface area contributed by atoms with Crippen LogP contribution in [0.2, 0.25) is 0 Å². The monoisotopic (exact) mass is 363 g/mol. The van der Waals surface area contributed by atoms with E-state index in [-0.39, 0.29) is 0 Å². The maximum atomic E-state index is 5.10. The molecule has 5 aromatic rings. The summed E-state index contributed by atoms with van der Waals surface area (Å²) >= 11 is 1.76. The van der Waals surface area contributed by atoms with E-state index in [4.69, 9.17) is 4.98 Å². The van der Waals surface area contributed by atoms with E-state index in [2.05, 4.69) is 97.1 Å². The normalized spacial score (nSPS) is 11.0. The van der Waals surface area contributed by atoms with Crippen LogP contribution < -0.4 is 0 Å². The van der Waals surface area contributed by atoms with E-state index in [9.17, 15) is 0 Å². The summed E-state index contributed by atoms with van der Waals surface area (Å²) in [4.78, 5) is 6.31. The fourth-order valence-corrected chi connectivity index (χ4v) is 4.56. The van der Waals surface area contributed by atoms with Crippen LogP contribution >= 0.6 is 11.3 Å². The first-order chi connectivity index (χ1) is 13.4. The van der Waals surface area contributed by atoms with Crippen LogP contribution in [0, 0.1) is 0 Å². The molecule has 1 aromatic heterocycles. The zero-order chi connectivity index (χ0) is 18.1. The number of rotatable bonds is 3. The fraction of sp³-hybridized carbons (Fsp3) is 0. The van der Waals surface area contributed by atoms with Gasteiger partial charge in [-0.2, -0.15) is 0 Å². The summed E-state index contributed by atoms with van der Waals surface area (Å²) in [7, 11) is 0. The quantitative estimate of drug-likeness (QED) is 0.328.